The molecular weight excluding hydrogens is 739 g/mol. The number of non-ortho nitro benzene ring substituents is 2. The van der Waals surface area contributed by atoms with Crippen LogP contribution in [0.5, 0.6) is 11.5 Å². The summed E-state index contributed by atoms with van der Waals surface area (Å²) in [5.41, 5.74) is -0.655. The van der Waals surface area contributed by atoms with Crippen LogP contribution in [-0.4, -0.2) is 68.6 Å². The minimum Gasteiger partial charge on any atom is -0.528 e. The van der Waals surface area contributed by atoms with Gasteiger partial charge in [-0.3, -0.25) is 39.4 Å². The van der Waals surface area contributed by atoms with E-state index in [9.17, 15) is 39.4 Å². The molecule has 314 valence electrons. The SMILES string of the molecule is COC(=O)CCCCCCCCCCCNC(=O)c1cc(OBOc2cc(C(=O)NCCCCCCCCCCCC(=O)OC)cc([N+](=O)[O-])c2)cc([N+](=O)[O-])c1. The monoisotopic (exact) mass is 798 g/mol. The van der Waals surface area contributed by atoms with Crippen LogP contribution in [0.15, 0.2) is 36.4 Å². The Balaban J connectivity index is 1.76. The first kappa shape index (κ1) is 47.9. The molecule has 17 heteroatoms. The highest BCUT2D eigenvalue weighted by atomic mass is 16.6. The molecule has 0 spiro atoms. The summed E-state index contributed by atoms with van der Waals surface area (Å²) in [7, 11) is 2.28. The maximum absolute atomic E-state index is 12.8. The number of benzene rings is 2. The van der Waals surface area contributed by atoms with Crippen molar-refractivity contribution < 1.29 is 47.8 Å². The number of amides is 2. The van der Waals surface area contributed by atoms with Gasteiger partial charge in [0.25, 0.3) is 23.2 Å². The molecule has 2 aromatic carbocycles. The standard InChI is InChI=1S/C40H59BN4O12/c1-54-37(46)21-17-13-9-5-3-7-11-15-19-23-42-39(48)31-25-33(44(50)51)29-35(27-31)56-41-57-36-28-32(26-34(30-36)45(52)53)40(49)43-24-20-16-12-8-4-6-10-14-18-22-38(47)55-2/h25-30,41H,3-24H2,1-2H3,(H,42,48)(H,43,49). The van der Waals surface area contributed by atoms with Crippen LogP contribution < -0.4 is 19.9 Å². The molecule has 0 fully saturated rings. The predicted molar refractivity (Wildman–Crippen MR) is 216 cm³/mol. The van der Waals surface area contributed by atoms with E-state index in [1.807, 2.05) is 0 Å². The van der Waals surface area contributed by atoms with Crippen molar-refractivity contribution in [3.8, 4) is 11.5 Å². The number of nitro benzene ring substituents is 2. The number of nitro groups is 2. The fraction of sp³-hybridized carbons (Fsp3) is 0.600. The number of unbranched alkanes of at least 4 members (excludes halogenated alkanes) is 16. The number of carbonyl (C=O) groups excluding carboxylic acids is 4. The average Bonchev–Trinajstić information content (AvgIpc) is 3.20. The van der Waals surface area contributed by atoms with Gasteiger partial charge in [-0.1, -0.05) is 89.9 Å². The summed E-state index contributed by atoms with van der Waals surface area (Å²) in [6.07, 6.45) is 18.8. The zero-order valence-corrected chi connectivity index (χ0v) is 33.5. The number of rotatable bonds is 32. The normalized spacial score (nSPS) is 10.6. The molecule has 2 aromatic rings. The van der Waals surface area contributed by atoms with Gasteiger partial charge in [-0.05, 0) is 37.8 Å². The molecule has 0 aliphatic carbocycles. The zero-order chi connectivity index (χ0) is 41.7. The van der Waals surface area contributed by atoms with Gasteiger partial charge in [0.1, 0.15) is 11.5 Å². The Hall–Kier alpha value is -5.22. The van der Waals surface area contributed by atoms with E-state index in [2.05, 4.69) is 20.1 Å². The van der Waals surface area contributed by atoms with E-state index < -0.39 is 29.3 Å². The third-order valence-electron chi connectivity index (χ3n) is 9.32. The first-order valence-electron chi connectivity index (χ1n) is 20.1. The van der Waals surface area contributed by atoms with E-state index in [-0.39, 0.29) is 45.9 Å². The number of esters is 2. The molecule has 0 radical (unpaired) electrons. The van der Waals surface area contributed by atoms with Crippen molar-refractivity contribution in [1.29, 1.82) is 0 Å². The lowest BCUT2D eigenvalue weighted by atomic mass is 10.1. The molecule has 0 unspecified atom stereocenters. The third kappa shape index (κ3) is 21.6. The van der Waals surface area contributed by atoms with Gasteiger partial charge in [-0.2, -0.15) is 0 Å². The highest BCUT2D eigenvalue weighted by Crippen LogP contribution is 2.25. The van der Waals surface area contributed by atoms with Gasteiger partial charge in [0, 0.05) is 49.2 Å². The number of nitrogens with zero attached hydrogens (tertiary/aromatic N) is 2. The van der Waals surface area contributed by atoms with E-state index in [1.165, 1.54) is 26.4 Å². The fourth-order valence-electron chi connectivity index (χ4n) is 6.05. The smallest absolute Gasteiger partial charge is 0.528 e. The quantitative estimate of drug-likeness (QED) is 0.0238. The van der Waals surface area contributed by atoms with Crippen molar-refractivity contribution in [2.75, 3.05) is 27.3 Å². The predicted octanol–water partition coefficient (Wildman–Crippen LogP) is 7.83. The van der Waals surface area contributed by atoms with Crippen LogP contribution in [0.1, 0.15) is 149 Å². The largest absolute Gasteiger partial charge is 0.576 e. The molecule has 2 N–H and O–H groups in total. The van der Waals surface area contributed by atoms with Crippen molar-refractivity contribution in [2.24, 2.45) is 0 Å². The van der Waals surface area contributed by atoms with Gasteiger partial charge in [0.05, 0.1) is 36.2 Å². The molecule has 57 heavy (non-hydrogen) atoms. The van der Waals surface area contributed by atoms with E-state index in [0.29, 0.717) is 25.9 Å². The summed E-state index contributed by atoms with van der Waals surface area (Å²) in [5, 5.41) is 28.8. The minimum atomic E-state index is -0.644. The molecular formula is C40H59BN4O12. The van der Waals surface area contributed by atoms with Crippen molar-refractivity contribution in [1.82, 2.24) is 10.6 Å². The molecule has 0 bridgehead atoms. The van der Waals surface area contributed by atoms with Crippen LogP contribution in [0.25, 0.3) is 0 Å². The van der Waals surface area contributed by atoms with Gasteiger partial charge >= 0.3 is 19.6 Å². The van der Waals surface area contributed by atoms with Crippen molar-refractivity contribution in [2.45, 2.75) is 128 Å². The number of ether oxygens (including phenoxy) is 2. The van der Waals surface area contributed by atoms with Gasteiger partial charge in [0.2, 0.25) is 0 Å². The van der Waals surface area contributed by atoms with Crippen LogP contribution in [0.3, 0.4) is 0 Å². The summed E-state index contributed by atoms with van der Waals surface area (Å²) >= 11 is 0. The molecule has 0 aliphatic rings. The number of carbonyl (C=O) groups is 4. The molecule has 0 saturated carbocycles. The first-order chi connectivity index (χ1) is 27.5. The molecule has 0 atom stereocenters. The van der Waals surface area contributed by atoms with Gasteiger partial charge in [-0.15, -0.1) is 0 Å². The maximum Gasteiger partial charge on any atom is 0.576 e. The number of methoxy groups -OCH3 is 2. The van der Waals surface area contributed by atoms with Gasteiger partial charge < -0.3 is 29.4 Å². The summed E-state index contributed by atoms with van der Waals surface area (Å²) in [5.74, 6) is -1.36. The molecule has 2 rings (SSSR count). The number of hydrogen-bond donors (Lipinski definition) is 2. The number of nitrogens with one attached hydrogen (secondary N) is 2. The van der Waals surface area contributed by atoms with Crippen molar-refractivity contribution in [3.63, 3.8) is 0 Å². The second-order valence-corrected chi connectivity index (χ2v) is 13.9. The Bertz CT molecular complexity index is 1460. The Morgan fingerprint density at radius 2 is 0.825 bits per heavy atom. The van der Waals surface area contributed by atoms with Crippen LogP contribution in [0.4, 0.5) is 11.4 Å². The van der Waals surface area contributed by atoms with Gasteiger partial charge in [0.15, 0.2) is 0 Å². The Morgan fingerprint density at radius 3 is 1.14 bits per heavy atom. The van der Waals surface area contributed by atoms with Crippen molar-refractivity contribution in [3.05, 3.63) is 67.8 Å². The van der Waals surface area contributed by atoms with Crippen LogP contribution in [0, 0.1) is 20.2 Å². The molecule has 0 saturated heterocycles. The fourth-order valence-corrected chi connectivity index (χ4v) is 6.05. The molecule has 0 heterocycles. The minimum absolute atomic E-state index is 0.0151. The average molecular weight is 799 g/mol. The highest BCUT2D eigenvalue weighted by molar-refractivity contribution is 6.21. The van der Waals surface area contributed by atoms with Crippen LogP contribution >= 0.6 is 0 Å². The highest BCUT2D eigenvalue weighted by Gasteiger charge is 2.18. The second kappa shape index (κ2) is 29.1. The van der Waals surface area contributed by atoms with Gasteiger partial charge in [-0.25, -0.2) is 0 Å². The zero-order valence-electron chi connectivity index (χ0n) is 33.5. The number of hydrogen-bond acceptors (Lipinski definition) is 12. The Labute approximate surface area is 335 Å². The summed E-state index contributed by atoms with van der Waals surface area (Å²) in [6, 6.07) is 7.28. The molecule has 2 amide bonds. The van der Waals surface area contributed by atoms with E-state index in [1.54, 1.807) is 0 Å². The summed E-state index contributed by atoms with van der Waals surface area (Å²) in [4.78, 5) is 69.9. The Kier molecular flexibility index (Phi) is 24.5. The summed E-state index contributed by atoms with van der Waals surface area (Å²) in [6.45, 7) is 0.805. The topological polar surface area (TPSA) is 216 Å². The van der Waals surface area contributed by atoms with E-state index in [0.717, 1.165) is 140 Å². The van der Waals surface area contributed by atoms with Crippen LogP contribution in [-0.2, 0) is 19.1 Å². The lowest BCUT2D eigenvalue weighted by Crippen LogP contribution is -2.25. The second-order valence-electron chi connectivity index (χ2n) is 13.9. The lowest BCUT2D eigenvalue weighted by molar-refractivity contribution is -0.385. The van der Waals surface area contributed by atoms with Crippen LogP contribution in [0.2, 0.25) is 0 Å². The molecule has 16 nitrogen and oxygen atoms in total. The molecule has 0 aromatic heterocycles. The van der Waals surface area contributed by atoms with E-state index >= 15 is 0 Å². The Morgan fingerprint density at radius 1 is 0.509 bits per heavy atom. The summed E-state index contributed by atoms with van der Waals surface area (Å²) < 4.78 is 20.4. The third-order valence-corrected chi connectivity index (χ3v) is 9.32. The lowest BCUT2D eigenvalue weighted by Gasteiger charge is -2.11. The first-order valence-corrected chi connectivity index (χ1v) is 20.1. The maximum atomic E-state index is 12.8. The van der Waals surface area contributed by atoms with E-state index in [4.69, 9.17) is 9.31 Å². The van der Waals surface area contributed by atoms with Crippen molar-refractivity contribution >= 4 is 42.8 Å². The molecule has 0 aliphatic heterocycles.